The standard InChI is InChI=1S/C14H23N3O/c1-11(12-5-6-12)17(8-9-18-2)14-13(10-15)4-3-7-16-14/h3-4,7,11-12H,5-6,8-10,15H2,1-2H3. The van der Waals surface area contributed by atoms with E-state index in [0.29, 0.717) is 12.6 Å². The van der Waals surface area contributed by atoms with Gasteiger partial charge in [-0.15, -0.1) is 0 Å². The third-order valence-electron chi connectivity index (χ3n) is 3.69. The molecular formula is C14H23N3O. The number of hydrogen-bond donors (Lipinski definition) is 1. The molecule has 1 fully saturated rings. The van der Waals surface area contributed by atoms with E-state index in [1.54, 1.807) is 7.11 Å². The van der Waals surface area contributed by atoms with Gasteiger partial charge >= 0.3 is 0 Å². The third-order valence-corrected chi connectivity index (χ3v) is 3.69. The van der Waals surface area contributed by atoms with Crippen LogP contribution in [0, 0.1) is 5.92 Å². The molecule has 1 atom stereocenters. The number of nitrogens with zero attached hydrogens (tertiary/aromatic N) is 2. The quantitative estimate of drug-likeness (QED) is 0.800. The maximum atomic E-state index is 5.81. The number of anilines is 1. The van der Waals surface area contributed by atoms with Crippen LogP contribution in [0.5, 0.6) is 0 Å². The van der Waals surface area contributed by atoms with Crippen molar-refractivity contribution in [3.05, 3.63) is 23.9 Å². The van der Waals surface area contributed by atoms with Crippen LogP contribution >= 0.6 is 0 Å². The van der Waals surface area contributed by atoms with Crippen LogP contribution in [0.15, 0.2) is 18.3 Å². The number of nitrogens with two attached hydrogens (primary N) is 1. The molecule has 1 aliphatic rings. The molecule has 0 aliphatic heterocycles. The molecule has 2 rings (SSSR count). The molecule has 1 aromatic heterocycles. The van der Waals surface area contributed by atoms with E-state index in [1.165, 1.54) is 12.8 Å². The Morgan fingerprint density at radius 2 is 2.33 bits per heavy atom. The number of ether oxygens (including phenoxy) is 1. The normalized spacial score (nSPS) is 16.6. The average Bonchev–Trinajstić information content (AvgIpc) is 3.23. The molecule has 1 aliphatic carbocycles. The molecule has 100 valence electrons. The molecule has 1 unspecified atom stereocenters. The first-order valence-corrected chi connectivity index (χ1v) is 6.67. The highest BCUT2D eigenvalue weighted by Crippen LogP contribution is 2.36. The van der Waals surface area contributed by atoms with E-state index in [2.05, 4.69) is 22.9 Å². The number of aromatic nitrogens is 1. The topological polar surface area (TPSA) is 51.4 Å². The van der Waals surface area contributed by atoms with Gasteiger partial charge in [0.25, 0.3) is 0 Å². The minimum atomic E-state index is 0.514. The predicted octanol–water partition coefficient (Wildman–Crippen LogP) is 1.79. The maximum absolute atomic E-state index is 5.81. The molecular weight excluding hydrogens is 226 g/mol. The highest BCUT2D eigenvalue weighted by molar-refractivity contribution is 5.48. The number of pyridine rings is 1. The van der Waals surface area contributed by atoms with Crippen molar-refractivity contribution in [1.82, 2.24) is 4.98 Å². The Labute approximate surface area is 109 Å². The summed E-state index contributed by atoms with van der Waals surface area (Å²) in [5.74, 6) is 1.82. The van der Waals surface area contributed by atoms with Gasteiger partial charge in [0.2, 0.25) is 0 Å². The van der Waals surface area contributed by atoms with Gasteiger partial charge in [-0.25, -0.2) is 4.98 Å². The Hall–Kier alpha value is -1.13. The van der Waals surface area contributed by atoms with Crippen molar-refractivity contribution in [2.75, 3.05) is 25.2 Å². The Morgan fingerprint density at radius 1 is 1.56 bits per heavy atom. The lowest BCUT2D eigenvalue weighted by molar-refractivity contribution is 0.202. The van der Waals surface area contributed by atoms with Crippen molar-refractivity contribution in [2.45, 2.75) is 32.4 Å². The smallest absolute Gasteiger partial charge is 0.133 e. The fraction of sp³-hybridized carbons (Fsp3) is 0.643. The Balaban J connectivity index is 2.20. The van der Waals surface area contributed by atoms with Crippen LogP contribution in [0.4, 0.5) is 5.82 Å². The first kappa shape index (κ1) is 13.3. The lowest BCUT2D eigenvalue weighted by atomic mass is 10.1. The summed E-state index contributed by atoms with van der Waals surface area (Å²) in [5.41, 5.74) is 6.92. The van der Waals surface area contributed by atoms with Gasteiger partial charge in [-0.1, -0.05) is 6.07 Å². The SMILES string of the molecule is COCCN(c1ncccc1CN)C(C)C1CC1. The van der Waals surface area contributed by atoms with E-state index >= 15 is 0 Å². The highest BCUT2D eigenvalue weighted by Gasteiger charge is 2.33. The van der Waals surface area contributed by atoms with E-state index in [1.807, 2.05) is 12.3 Å². The molecule has 0 saturated heterocycles. The van der Waals surface area contributed by atoms with Crippen molar-refractivity contribution < 1.29 is 4.74 Å². The lowest BCUT2D eigenvalue weighted by Gasteiger charge is -2.31. The fourth-order valence-corrected chi connectivity index (χ4v) is 2.37. The van der Waals surface area contributed by atoms with Crippen molar-refractivity contribution in [3.8, 4) is 0 Å². The van der Waals surface area contributed by atoms with Crippen LogP contribution in [-0.4, -0.2) is 31.3 Å². The molecule has 0 bridgehead atoms. The van der Waals surface area contributed by atoms with E-state index in [-0.39, 0.29) is 0 Å². The summed E-state index contributed by atoms with van der Waals surface area (Å²) in [5, 5.41) is 0. The molecule has 1 saturated carbocycles. The van der Waals surface area contributed by atoms with Gasteiger partial charge in [-0.3, -0.25) is 0 Å². The summed E-state index contributed by atoms with van der Waals surface area (Å²) >= 11 is 0. The van der Waals surface area contributed by atoms with Gasteiger partial charge in [0.15, 0.2) is 0 Å². The van der Waals surface area contributed by atoms with Gasteiger partial charge in [0, 0.05) is 38.0 Å². The van der Waals surface area contributed by atoms with Gasteiger partial charge in [-0.05, 0) is 31.7 Å². The van der Waals surface area contributed by atoms with Gasteiger partial charge < -0.3 is 15.4 Å². The van der Waals surface area contributed by atoms with Gasteiger partial charge in [0.05, 0.1) is 6.61 Å². The van der Waals surface area contributed by atoms with Crippen LogP contribution in [0.3, 0.4) is 0 Å². The molecule has 0 spiro atoms. The summed E-state index contributed by atoms with van der Waals surface area (Å²) in [6.45, 7) is 4.40. The maximum Gasteiger partial charge on any atom is 0.133 e. The number of methoxy groups -OCH3 is 1. The van der Waals surface area contributed by atoms with Crippen molar-refractivity contribution in [3.63, 3.8) is 0 Å². The zero-order chi connectivity index (χ0) is 13.0. The largest absolute Gasteiger partial charge is 0.383 e. The van der Waals surface area contributed by atoms with E-state index in [9.17, 15) is 0 Å². The summed E-state index contributed by atoms with van der Waals surface area (Å²) in [6, 6.07) is 4.52. The molecule has 2 N–H and O–H groups in total. The molecule has 4 nitrogen and oxygen atoms in total. The molecule has 0 aromatic carbocycles. The lowest BCUT2D eigenvalue weighted by Crippen LogP contribution is -2.38. The van der Waals surface area contributed by atoms with Gasteiger partial charge in [0.1, 0.15) is 5.82 Å². The summed E-state index contributed by atoms with van der Waals surface area (Å²) in [6.07, 6.45) is 4.50. The third kappa shape index (κ3) is 3.00. The van der Waals surface area contributed by atoms with E-state index in [4.69, 9.17) is 10.5 Å². The fourth-order valence-electron chi connectivity index (χ4n) is 2.37. The average molecular weight is 249 g/mol. The summed E-state index contributed by atoms with van der Waals surface area (Å²) in [7, 11) is 1.74. The van der Waals surface area contributed by atoms with Crippen molar-refractivity contribution >= 4 is 5.82 Å². The zero-order valence-corrected chi connectivity index (χ0v) is 11.3. The van der Waals surface area contributed by atoms with Crippen LogP contribution in [0.25, 0.3) is 0 Å². The zero-order valence-electron chi connectivity index (χ0n) is 11.3. The van der Waals surface area contributed by atoms with Gasteiger partial charge in [-0.2, -0.15) is 0 Å². The van der Waals surface area contributed by atoms with E-state index < -0.39 is 0 Å². The minimum absolute atomic E-state index is 0.514. The second-order valence-corrected chi connectivity index (χ2v) is 4.95. The molecule has 4 heteroatoms. The molecule has 1 aromatic rings. The molecule has 0 radical (unpaired) electrons. The predicted molar refractivity (Wildman–Crippen MR) is 73.5 cm³/mol. The first-order chi connectivity index (χ1) is 8.77. The highest BCUT2D eigenvalue weighted by atomic mass is 16.5. The second kappa shape index (κ2) is 6.16. The second-order valence-electron chi connectivity index (χ2n) is 4.95. The van der Waals surface area contributed by atoms with Crippen LogP contribution in [-0.2, 0) is 11.3 Å². The minimum Gasteiger partial charge on any atom is -0.383 e. The van der Waals surface area contributed by atoms with Crippen molar-refractivity contribution in [1.29, 1.82) is 0 Å². The van der Waals surface area contributed by atoms with Crippen LogP contribution < -0.4 is 10.6 Å². The Morgan fingerprint density at radius 3 is 2.94 bits per heavy atom. The Kier molecular flexibility index (Phi) is 4.55. The Bertz CT molecular complexity index is 379. The van der Waals surface area contributed by atoms with Crippen LogP contribution in [0.2, 0.25) is 0 Å². The number of hydrogen-bond acceptors (Lipinski definition) is 4. The van der Waals surface area contributed by atoms with Crippen LogP contribution in [0.1, 0.15) is 25.3 Å². The molecule has 18 heavy (non-hydrogen) atoms. The molecule has 1 heterocycles. The summed E-state index contributed by atoms with van der Waals surface area (Å²) < 4.78 is 5.22. The first-order valence-electron chi connectivity index (χ1n) is 6.67. The monoisotopic (exact) mass is 249 g/mol. The van der Waals surface area contributed by atoms with E-state index in [0.717, 1.165) is 30.5 Å². The number of rotatable bonds is 7. The van der Waals surface area contributed by atoms with Crippen molar-refractivity contribution in [2.24, 2.45) is 11.7 Å². The summed E-state index contributed by atoms with van der Waals surface area (Å²) in [4.78, 5) is 6.87. The molecule has 0 amide bonds.